The molecule has 0 aliphatic rings. The minimum absolute atomic E-state index is 0.0871. The molecule has 3 N–H and O–H groups in total. The average molecular weight is 252 g/mol. The van der Waals surface area contributed by atoms with E-state index in [1.165, 1.54) is 12.1 Å². The van der Waals surface area contributed by atoms with Gasteiger partial charge in [-0.1, -0.05) is 0 Å². The number of primary sulfonamides is 1. The molecule has 2 aromatic rings. The molecule has 1 aromatic carbocycles. The van der Waals surface area contributed by atoms with E-state index in [0.29, 0.717) is 5.82 Å². The van der Waals surface area contributed by atoms with Crippen LogP contribution in [0.1, 0.15) is 0 Å². The number of hydrogen-bond donors (Lipinski definition) is 2. The molecule has 0 fully saturated rings. The second-order valence-electron chi connectivity index (χ2n) is 3.57. The fourth-order valence-corrected chi connectivity index (χ4v) is 1.87. The molecule has 0 amide bonds. The molecule has 1 aromatic heterocycles. The second kappa shape index (κ2) is 4.19. The van der Waals surface area contributed by atoms with Crippen LogP contribution in [0.2, 0.25) is 0 Å². The van der Waals surface area contributed by atoms with Gasteiger partial charge in [-0.25, -0.2) is 13.6 Å². The van der Waals surface area contributed by atoms with Crippen molar-refractivity contribution in [3.05, 3.63) is 36.5 Å². The number of anilines is 2. The monoisotopic (exact) mass is 252 g/mol. The van der Waals surface area contributed by atoms with Crippen LogP contribution in [0, 0.1) is 0 Å². The SMILES string of the molecule is Cn1ccc(Nc2ccc(S(N)(=O)=O)cc2)n1. The lowest BCUT2D eigenvalue weighted by Crippen LogP contribution is -2.11. The first-order chi connectivity index (χ1) is 7.95. The van der Waals surface area contributed by atoms with Gasteiger partial charge in [0.05, 0.1) is 4.90 Å². The molecule has 90 valence electrons. The van der Waals surface area contributed by atoms with Crippen LogP contribution in [-0.2, 0) is 17.1 Å². The summed E-state index contributed by atoms with van der Waals surface area (Å²) in [5.41, 5.74) is 0.746. The van der Waals surface area contributed by atoms with E-state index >= 15 is 0 Å². The van der Waals surface area contributed by atoms with E-state index in [1.54, 1.807) is 23.0 Å². The molecule has 6 nitrogen and oxygen atoms in total. The highest BCUT2D eigenvalue weighted by Crippen LogP contribution is 2.16. The van der Waals surface area contributed by atoms with Crippen molar-refractivity contribution in [1.29, 1.82) is 0 Å². The molecule has 0 radical (unpaired) electrons. The van der Waals surface area contributed by atoms with Crippen LogP contribution in [0.4, 0.5) is 11.5 Å². The van der Waals surface area contributed by atoms with Gasteiger partial charge in [0.2, 0.25) is 10.0 Å². The van der Waals surface area contributed by atoms with Gasteiger partial charge >= 0.3 is 0 Å². The van der Waals surface area contributed by atoms with E-state index in [9.17, 15) is 8.42 Å². The highest BCUT2D eigenvalue weighted by molar-refractivity contribution is 7.89. The number of nitrogens with two attached hydrogens (primary N) is 1. The van der Waals surface area contributed by atoms with Crippen LogP contribution in [0.3, 0.4) is 0 Å². The van der Waals surface area contributed by atoms with E-state index in [0.717, 1.165) is 5.69 Å². The molecule has 1 heterocycles. The van der Waals surface area contributed by atoms with Crippen molar-refractivity contribution in [3.63, 3.8) is 0 Å². The van der Waals surface area contributed by atoms with Gasteiger partial charge in [0.1, 0.15) is 0 Å². The van der Waals surface area contributed by atoms with Crippen molar-refractivity contribution in [2.45, 2.75) is 4.90 Å². The van der Waals surface area contributed by atoms with Gasteiger partial charge in [-0.05, 0) is 24.3 Å². The smallest absolute Gasteiger partial charge is 0.238 e. The standard InChI is InChI=1S/C10H12N4O2S/c1-14-7-6-10(13-14)12-8-2-4-9(5-3-8)17(11,15)16/h2-7H,1H3,(H,12,13)(H2,11,15,16). The van der Waals surface area contributed by atoms with E-state index in [1.807, 2.05) is 13.1 Å². The molecular formula is C10H12N4O2S. The number of aryl methyl sites for hydroxylation is 1. The molecule has 0 atom stereocenters. The maximum Gasteiger partial charge on any atom is 0.238 e. The normalized spacial score (nSPS) is 11.4. The fourth-order valence-electron chi connectivity index (χ4n) is 1.36. The lowest BCUT2D eigenvalue weighted by Gasteiger charge is -2.03. The minimum atomic E-state index is -3.64. The largest absolute Gasteiger partial charge is 0.339 e. The minimum Gasteiger partial charge on any atom is -0.339 e. The predicted molar refractivity (Wildman–Crippen MR) is 64.3 cm³/mol. The van der Waals surface area contributed by atoms with Crippen molar-refractivity contribution in [3.8, 4) is 0 Å². The Morgan fingerprint density at radius 3 is 2.35 bits per heavy atom. The molecule has 2 rings (SSSR count). The van der Waals surface area contributed by atoms with Crippen molar-refractivity contribution in [2.75, 3.05) is 5.32 Å². The Morgan fingerprint density at radius 2 is 1.88 bits per heavy atom. The third-order valence-corrected chi connectivity index (χ3v) is 3.10. The first-order valence-corrected chi connectivity index (χ1v) is 6.39. The van der Waals surface area contributed by atoms with Crippen LogP contribution in [-0.4, -0.2) is 18.2 Å². The Kier molecular flexibility index (Phi) is 2.86. The molecular weight excluding hydrogens is 240 g/mol. The molecule has 17 heavy (non-hydrogen) atoms. The molecule has 0 bridgehead atoms. The summed E-state index contributed by atoms with van der Waals surface area (Å²) < 4.78 is 23.8. The van der Waals surface area contributed by atoms with Crippen molar-refractivity contribution in [1.82, 2.24) is 9.78 Å². The van der Waals surface area contributed by atoms with Gasteiger partial charge < -0.3 is 5.32 Å². The summed E-state index contributed by atoms with van der Waals surface area (Å²) in [5, 5.41) is 12.2. The fraction of sp³-hybridized carbons (Fsp3) is 0.100. The summed E-state index contributed by atoms with van der Waals surface area (Å²) >= 11 is 0. The summed E-state index contributed by atoms with van der Waals surface area (Å²) in [6.45, 7) is 0. The number of nitrogens with zero attached hydrogens (tertiary/aromatic N) is 2. The summed E-state index contributed by atoms with van der Waals surface area (Å²) in [7, 11) is -1.82. The Balaban J connectivity index is 2.19. The lowest BCUT2D eigenvalue weighted by atomic mass is 10.3. The highest BCUT2D eigenvalue weighted by atomic mass is 32.2. The summed E-state index contributed by atoms with van der Waals surface area (Å²) in [4.78, 5) is 0.0871. The molecule has 0 aliphatic heterocycles. The maximum absolute atomic E-state index is 11.0. The van der Waals surface area contributed by atoms with Crippen LogP contribution in [0.15, 0.2) is 41.4 Å². The topological polar surface area (TPSA) is 90.0 Å². The zero-order valence-corrected chi connectivity index (χ0v) is 9.98. The third kappa shape index (κ3) is 2.83. The Labute approximate surface area is 99.1 Å². The van der Waals surface area contributed by atoms with Crippen LogP contribution in [0.25, 0.3) is 0 Å². The zero-order chi connectivity index (χ0) is 12.5. The second-order valence-corrected chi connectivity index (χ2v) is 5.13. The number of aromatic nitrogens is 2. The van der Waals surface area contributed by atoms with Crippen LogP contribution < -0.4 is 10.5 Å². The lowest BCUT2D eigenvalue weighted by molar-refractivity contribution is 0.598. The molecule has 7 heteroatoms. The zero-order valence-electron chi connectivity index (χ0n) is 9.16. The van der Waals surface area contributed by atoms with Gasteiger partial charge in [-0.15, -0.1) is 0 Å². The van der Waals surface area contributed by atoms with E-state index in [4.69, 9.17) is 5.14 Å². The van der Waals surface area contributed by atoms with Crippen molar-refractivity contribution >= 4 is 21.5 Å². The molecule has 0 spiro atoms. The number of nitrogens with one attached hydrogen (secondary N) is 1. The van der Waals surface area contributed by atoms with Crippen molar-refractivity contribution < 1.29 is 8.42 Å². The summed E-state index contributed by atoms with van der Waals surface area (Å²) in [6.07, 6.45) is 1.81. The number of sulfonamides is 1. The van der Waals surface area contributed by atoms with Gasteiger partial charge in [0.15, 0.2) is 5.82 Å². The van der Waals surface area contributed by atoms with E-state index in [2.05, 4.69) is 10.4 Å². The summed E-state index contributed by atoms with van der Waals surface area (Å²) in [6, 6.07) is 7.97. The maximum atomic E-state index is 11.0. The Hall–Kier alpha value is -1.86. The van der Waals surface area contributed by atoms with Crippen molar-refractivity contribution in [2.24, 2.45) is 12.2 Å². The van der Waals surface area contributed by atoms with Gasteiger partial charge in [-0.2, -0.15) is 5.10 Å². The third-order valence-electron chi connectivity index (χ3n) is 2.17. The Morgan fingerprint density at radius 1 is 1.24 bits per heavy atom. The summed E-state index contributed by atoms with van der Waals surface area (Å²) in [5.74, 6) is 0.691. The number of rotatable bonds is 3. The first-order valence-electron chi connectivity index (χ1n) is 4.85. The van der Waals surface area contributed by atoms with E-state index < -0.39 is 10.0 Å². The highest BCUT2D eigenvalue weighted by Gasteiger charge is 2.06. The predicted octanol–water partition coefficient (Wildman–Crippen LogP) is 0.811. The molecule has 0 unspecified atom stereocenters. The molecule has 0 saturated heterocycles. The average Bonchev–Trinajstić information content (AvgIpc) is 2.63. The number of benzene rings is 1. The van der Waals surface area contributed by atoms with Gasteiger partial charge in [0.25, 0.3) is 0 Å². The quantitative estimate of drug-likeness (QED) is 0.845. The van der Waals surface area contributed by atoms with Crippen LogP contribution >= 0.6 is 0 Å². The van der Waals surface area contributed by atoms with E-state index in [-0.39, 0.29) is 4.90 Å². The Bertz CT molecular complexity index is 616. The van der Waals surface area contributed by atoms with Gasteiger partial charge in [-0.3, -0.25) is 4.68 Å². The van der Waals surface area contributed by atoms with Crippen LogP contribution in [0.5, 0.6) is 0 Å². The van der Waals surface area contributed by atoms with Gasteiger partial charge in [0, 0.05) is 25.0 Å². The number of hydrogen-bond acceptors (Lipinski definition) is 4. The first kappa shape index (κ1) is 11.6. The molecule has 0 saturated carbocycles. The molecule has 0 aliphatic carbocycles.